The SMILES string of the molecule is OC1CC2CCC(O)C2O1. The highest BCUT2D eigenvalue weighted by molar-refractivity contribution is 4.90. The fourth-order valence-corrected chi connectivity index (χ4v) is 1.98. The van der Waals surface area contributed by atoms with Gasteiger partial charge in [-0.05, 0) is 18.8 Å². The van der Waals surface area contributed by atoms with Gasteiger partial charge < -0.3 is 14.9 Å². The van der Waals surface area contributed by atoms with Gasteiger partial charge in [0.05, 0.1) is 12.2 Å². The van der Waals surface area contributed by atoms with E-state index in [-0.39, 0.29) is 12.2 Å². The average Bonchev–Trinajstić information content (AvgIpc) is 2.35. The van der Waals surface area contributed by atoms with Gasteiger partial charge in [0.15, 0.2) is 6.29 Å². The molecular formula is C7H12O3. The van der Waals surface area contributed by atoms with Crippen LogP contribution in [0.1, 0.15) is 19.3 Å². The zero-order chi connectivity index (χ0) is 7.14. The van der Waals surface area contributed by atoms with Crippen LogP contribution in [0.3, 0.4) is 0 Å². The van der Waals surface area contributed by atoms with Crippen LogP contribution >= 0.6 is 0 Å². The van der Waals surface area contributed by atoms with Crippen molar-refractivity contribution in [2.45, 2.75) is 37.8 Å². The molecule has 1 heterocycles. The van der Waals surface area contributed by atoms with Gasteiger partial charge in [-0.1, -0.05) is 0 Å². The molecule has 58 valence electrons. The predicted molar refractivity (Wildman–Crippen MR) is 34.2 cm³/mol. The number of hydrogen-bond donors (Lipinski definition) is 2. The average molecular weight is 144 g/mol. The van der Waals surface area contributed by atoms with Crippen molar-refractivity contribution in [2.24, 2.45) is 5.92 Å². The van der Waals surface area contributed by atoms with Gasteiger partial charge in [-0.25, -0.2) is 0 Å². The Balaban J connectivity index is 2.05. The lowest BCUT2D eigenvalue weighted by Gasteiger charge is -2.11. The van der Waals surface area contributed by atoms with E-state index in [4.69, 9.17) is 9.84 Å². The van der Waals surface area contributed by atoms with Crippen molar-refractivity contribution in [3.8, 4) is 0 Å². The molecule has 2 rings (SSSR count). The zero-order valence-electron chi connectivity index (χ0n) is 5.73. The maximum Gasteiger partial charge on any atom is 0.155 e. The Kier molecular flexibility index (Phi) is 1.44. The normalized spacial score (nSPS) is 53.4. The smallest absolute Gasteiger partial charge is 0.155 e. The summed E-state index contributed by atoms with van der Waals surface area (Å²) in [6, 6.07) is 0. The van der Waals surface area contributed by atoms with Gasteiger partial charge in [-0.15, -0.1) is 0 Å². The summed E-state index contributed by atoms with van der Waals surface area (Å²) >= 11 is 0. The van der Waals surface area contributed by atoms with Crippen molar-refractivity contribution in [1.82, 2.24) is 0 Å². The molecule has 3 heteroatoms. The van der Waals surface area contributed by atoms with Crippen LogP contribution in [0.5, 0.6) is 0 Å². The van der Waals surface area contributed by atoms with E-state index in [9.17, 15) is 5.11 Å². The molecule has 0 aromatic carbocycles. The second-order valence-corrected chi connectivity index (χ2v) is 3.20. The molecule has 0 aromatic heterocycles. The molecule has 0 aromatic rings. The largest absolute Gasteiger partial charge is 0.390 e. The highest BCUT2D eigenvalue weighted by Crippen LogP contribution is 2.38. The van der Waals surface area contributed by atoms with Gasteiger partial charge in [-0.2, -0.15) is 0 Å². The molecule has 3 nitrogen and oxygen atoms in total. The van der Waals surface area contributed by atoms with Crippen molar-refractivity contribution in [3.05, 3.63) is 0 Å². The number of rotatable bonds is 0. The van der Waals surface area contributed by atoms with Crippen LogP contribution in [-0.4, -0.2) is 28.7 Å². The highest BCUT2D eigenvalue weighted by Gasteiger charge is 2.43. The summed E-state index contributed by atoms with van der Waals surface area (Å²) in [7, 11) is 0. The summed E-state index contributed by atoms with van der Waals surface area (Å²) in [5.74, 6) is 0.407. The predicted octanol–water partition coefficient (Wildman–Crippen LogP) is -0.135. The lowest BCUT2D eigenvalue weighted by molar-refractivity contribution is -0.117. The number of aliphatic hydroxyl groups excluding tert-OH is 2. The monoisotopic (exact) mass is 144 g/mol. The maximum atomic E-state index is 9.28. The minimum Gasteiger partial charge on any atom is -0.390 e. The first-order chi connectivity index (χ1) is 4.77. The molecule has 4 atom stereocenters. The molecular weight excluding hydrogens is 132 g/mol. The summed E-state index contributed by atoms with van der Waals surface area (Å²) in [5, 5.41) is 18.3. The molecule has 10 heavy (non-hydrogen) atoms. The lowest BCUT2D eigenvalue weighted by Crippen LogP contribution is -2.23. The van der Waals surface area contributed by atoms with E-state index in [2.05, 4.69) is 0 Å². The Bertz CT molecular complexity index is 137. The van der Waals surface area contributed by atoms with Crippen LogP contribution in [0, 0.1) is 5.92 Å². The second kappa shape index (κ2) is 2.19. The molecule has 2 fully saturated rings. The third-order valence-corrected chi connectivity index (χ3v) is 2.50. The molecule has 0 radical (unpaired) electrons. The van der Waals surface area contributed by atoms with Crippen LogP contribution < -0.4 is 0 Å². The molecule has 0 bridgehead atoms. The van der Waals surface area contributed by atoms with E-state index in [1.807, 2.05) is 0 Å². The Hall–Kier alpha value is -0.120. The maximum absolute atomic E-state index is 9.28. The molecule has 1 saturated carbocycles. The minimum absolute atomic E-state index is 0.0741. The zero-order valence-corrected chi connectivity index (χ0v) is 5.73. The van der Waals surface area contributed by atoms with Gasteiger partial charge in [0, 0.05) is 6.42 Å². The molecule has 1 aliphatic carbocycles. The number of hydrogen-bond acceptors (Lipinski definition) is 3. The number of ether oxygens (including phenoxy) is 1. The van der Waals surface area contributed by atoms with Crippen LogP contribution in [0.25, 0.3) is 0 Å². The standard InChI is InChI=1S/C7H12O3/c8-5-2-1-4-3-6(9)10-7(4)5/h4-9H,1-3H2. The van der Waals surface area contributed by atoms with Crippen LogP contribution in [0.15, 0.2) is 0 Å². The quantitative estimate of drug-likeness (QED) is 0.497. The van der Waals surface area contributed by atoms with Crippen molar-refractivity contribution in [3.63, 3.8) is 0 Å². The van der Waals surface area contributed by atoms with Gasteiger partial charge in [0.2, 0.25) is 0 Å². The molecule has 2 N–H and O–H groups in total. The van der Waals surface area contributed by atoms with Gasteiger partial charge in [0.1, 0.15) is 0 Å². The van der Waals surface area contributed by atoms with Crippen molar-refractivity contribution in [1.29, 1.82) is 0 Å². The third kappa shape index (κ3) is 0.856. The molecule has 1 aliphatic heterocycles. The molecule has 0 amide bonds. The summed E-state index contributed by atoms with van der Waals surface area (Å²) < 4.78 is 5.10. The summed E-state index contributed by atoms with van der Waals surface area (Å²) in [6.45, 7) is 0. The van der Waals surface area contributed by atoms with Crippen molar-refractivity contribution in [2.75, 3.05) is 0 Å². The molecule has 2 aliphatic rings. The first kappa shape index (κ1) is 6.58. The topological polar surface area (TPSA) is 49.7 Å². The summed E-state index contributed by atoms with van der Waals surface area (Å²) in [4.78, 5) is 0. The Labute approximate surface area is 59.6 Å². The van der Waals surface area contributed by atoms with E-state index in [1.54, 1.807) is 0 Å². The van der Waals surface area contributed by atoms with Crippen LogP contribution in [0.4, 0.5) is 0 Å². The van der Waals surface area contributed by atoms with E-state index >= 15 is 0 Å². The Morgan fingerprint density at radius 2 is 2.00 bits per heavy atom. The van der Waals surface area contributed by atoms with Crippen LogP contribution in [-0.2, 0) is 4.74 Å². The van der Waals surface area contributed by atoms with Crippen LogP contribution in [0.2, 0.25) is 0 Å². The number of aliphatic hydroxyl groups is 2. The first-order valence-electron chi connectivity index (χ1n) is 3.79. The molecule has 1 saturated heterocycles. The van der Waals surface area contributed by atoms with Crippen molar-refractivity contribution < 1.29 is 14.9 Å². The molecule has 4 unspecified atom stereocenters. The fraction of sp³-hybridized carbons (Fsp3) is 1.00. The van der Waals surface area contributed by atoms with Gasteiger partial charge >= 0.3 is 0 Å². The first-order valence-corrected chi connectivity index (χ1v) is 3.79. The lowest BCUT2D eigenvalue weighted by atomic mass is 10.0. The highest BCUT2D eigenvalue weighted by atomic mass is 16.6. The van der Waals surface area contributed by atoms with E-state index in [0.717, 1.165) is 12.8 Å². The van der Waals surface area contributed by atoms with E-state index < -0.39 is 6.29 Å². The summed E-state index contributed by atoms with van der Waals surface area (Å²) in [6.07, 6.45) is 1.52. The fourth-order valence-electron chi connectivity index (χ4n) is 1.98. The van der Waals surface area contributed by atoms with Gasteiger partial charge in [-0.3, -0.25) is 0 Å². The minimum atomic E-state index is -0.620. The van der Waals surface area contributed by atoms with E-state index in [0.29, 0.717) is 12.3 Å². The van der Waals surface area contributed by atoms with E-state index in [1.165, 1.54) is 0 Å². The Morgan fingerprint density at radius 3 is 2.70 bits per heavy atom. The summed E-state index contributed by atoms with van der Waals surface area (Å²) in [5.41, 5.74) is 0. The molecule has 0 spiro atoms. The third-order valence-electron chi connectivity index (χ3n) is 2.50. The van der Waals surface area contributed by atoms with Gasteiger partial charge in [0.25, 0.3) is 0 Å². The second-order valence-electron chi connectivity index (χ2n) is 3.20. The Morgan fingerprint density at radius 1 is 1.20 bits per heavy atom. The number of fused-ring (bicyclic) bond motifs is 1. The van der Waals surface area contributed by atoms with Crippen molar-refractivity contribution >= 4 is 0 Å².